The molecule has 0 aliphatic heterocycles. The summed E-state index contributed by atoms with van der Waals surface area (Å²) in [4.78, 5) is 11.0. The maximum atomic E-state index is 11.0. The molecular formula is C16H21NO2. The van der Waals surface area contributed by atoms with Crippen LogP contribution in [0.3, 0.4) is 0 Å². The summed E-state index contributed by atoms with van der Waals surface area (Å²) in [7, 11) is 0. The summed E-state index contributed by atoms with van der Waals surface area (Å²) in [5, 5.41) is 11.3. The molecule has 0 saturated heterocycles. The quantitative estimate of drug-likeness (QED) is 0.862. The number of hydrogen-bond donors (Lipinski definition) is 2. The molecular weight excluding hydrogens is 238 g/mol. The van der Waals surface area contributed by atoms with Crippen molar-refractivity contribution in [3.05, 3.63) is 47.5 Å². The molecule has 0 aliphatic rings. The third kappa shape index (κ3) is 3.12. The first kappa shape index (κ1) is 15.2. The summed E-state index contributed by atoms with van der Waals surface area (Å²) in [6.45, 7) is 6.05. The SMILES string of the molecule is CC(C)c1ccc2cc(C(C)C(=O)O)ccc2c1.N. The van der Waals surface area contributed by atoms with E-state index in [-0.39, 0.29) is 6.15 Å². The van der Waals surface area contributed by atoms with Crippen molar-refractivity contribution < 1.29 is 9.90 Å². The predicted octanol–water partition coefficient (Wildman–Crippen LogP) is 4.31. The molecule has 0 bridgehead atoms. The zero-order chi connectivity index (χ0) is 13.3. The van der Waals surface area contributed by atoms with Crippen molar-refractivity contribution in [1.82, 2.24) is 6.15 Å². The van der Waals surface area contributed by atoms with Crippen LogP contribution in [0, 0.1) is 0 Å². The van der Waals surface area contributed by atoms with Gasteiger partial charge in [-0.25, -0.2) is 0 Å². The summed E-state index contributed by atoms with van der Waals surface area (Å²) in [5.41, 5.74) is 2.16. The molecule has 0 aromatic heterocycles. The molecule has 4 N–H and O–H groups in total. The molecule has 0 saturated carbocycles. The van der Waals surface area contributed by atoms with Crippen molar-refractivity contribution in [3.8, 4) is 0 Å². The van der Waals surface area contributed by atoms with E-state index in [2.05, 4.69) is 32.0 Å². The van der Waals surface area contributed by atoms with Crippen LogP contribution in [-0.4, -0.2) is 11.1 Å². The fourth-order valence-corrected chi connectivity index (χ4v) is 2.05. The van der Waals surface area contributed by atoms with Gasteiger partial charge in [0.1, 0.15) is 0 Å². The zero-order valence-corrected chi connectivity index (χ0v) is 11.7. The van der Waals surface area contributed by atoms with Crippen LogP contribution in [0.5, 0.6) is 0 Å². The fourth-order valence-electron chi connectivity index (χ4n) is 2.05. The van der Waals surface area contributed by atoms with Gasteiger partial charge in [-0.15, -0.1) is 0 Å². The standard InChI is InChI=1S/C16H18O2.H3N/c1-10(2)12-4-6-15-9-13(11(3)16(17)18)5-7-14(15)8-12;/h4-11H,1-3H3,(H,17,18);1H3. The minimum absolute atomic E-state index is 0. The van der Waals surface area contributed by atoms with Crippen LogP contribution >= 0.6 is 0 Å². The molecule has 2 rings (SSSR count). The van der Waals surface area contributed by atoms with Crippen LogP contribution in [-0.2, 0) is 4.79 Å². The van der Waals surface area contributed by atoms with Gasteiger partial charge in [0.2, 0.25) is 0 Å². The molecule has 19 heavy (non-hydrogen) atoms. The van der Waals surface area contributed by atoms with E-state index in [0.29, 0.717) is 5.92 Å². The van der Waals surface area contributed by atoms with E-state index >= 15 is 0 Å². The third-order valence-corrected chi connectivity index (χ3v) is 3.43. The van der Waals surface area contributed by atoms with Gasteiger partial charge in [0.25, 0.3) is 0 Å². The van der Waals surface area contributed by atoms with Gasteiger partial charge in [-0.2, -0.15) is 0 Å². The largest absolute Gasteiger partial charge is 0.481 e. The average Bonchev–Trinajstić information content (AvgIpc) is 2.36. The lowest BCUT2D eigenvalue weighted by atomic mass is 9.95. The zero-order valence-electron chi connectivity index (χ0n) is 11.7. The van der Waals surface area contributed by atoms with Crippen LogP contribution in [0.1, 0.15) is 43.7 Å². The van der Waals surface area contributed by atoms with Gasteiger partial charge < -0.3 is 11.3 Å². The lowest BCUT2D eigenvalue weighted by Crippen LogP contribution is -2.07. The third-order valence-electron chi connectivity index (χ3n) is 3.43. The van der Waals surface area contributed by atoms with E-state index in [1.54, 1.807) is 6.92 Å². The highest BCUT2D eigenvalue weighted by Crippen LogP contribution is 2.25. The predicted molar refractivity (Wildman–Crippen MR) is 79.1 cm³/mol. The maximum Gasteiger partial charge on any atom is 0.310 e. The second-order valence-corrected chi connectivity index (χ2v) is 5.08. The van der Waals surface area contributed by atoms with Crippen molar-refractivity contribution >= 4 is 16.7 Å². The van der Waals surface area contributed by atoms with Crippen molar-refractivity contribution in [2.24, 2.45) is 0 Å². The van der Waals surface area contributed by atoms with Gasteiger partial charge in [-0.3, -0.25) is 4.79 Å². The van der Waals surface area contributed by atoms with Gasteiger partial charge in [0.15, 0.2) is 0 Å². The first-order valence-corrected chi connectivity index (χ1v) is 6.25. The Kier molecular flexibility index (Phi) is 4.67. The highest BCUT2D eigenvalue weighted by atomic mass is 16.4. The molecule has 0 aliphatic carbocycles. The van der Waals surface area contributed by atoms with Crippen molar-refractivity contribution in [2.45, 2.75) is 32.6 Å². The van der Waals surface area contributed by atoms with Gasteiger partial charge in [0, 0.05) is 0 Å². The van der Waals surface area contributed by atoms with E-state index in [1.807, 2.05) is 18.2 Å². The molecule has 102 valence electrons. The summed E-state index contributed by atoms with van der Waals surface area (Å²) < 4.78 is 0. The molecule has 0 fully saturated rings. The fraction of sp³-hybridized carbons (Fsp3) is 0.312. The van der Waals surface area contributed by atoms with E-state index in [4.69, 9.17) is 5.11 Å². The van der Waals surface area contributed by atoms with E-state index in [9.17, 15) is 4.79 Å². The Morgan fingerprint density at radius 1 is 0.947 bits per heavy atom. The number of rotatable bonds is 3. The number of carboxylic acid groups (broad SMARTS) is 1. The average molecular weight is 259 g/mol. The number of aliphatic carboxylic acids is 1. The molecule has 0 amide bonds. The molecule has 0 heterocycles. The Morgan fingerprint density at radius 3 is 1.89 bits per heavy atom. The van der Waals surface area contributed by atoms with Crippen LogP contribution < -0.4 is 6.15 Å². The first-order valence-electron chi connectivity index (χ1n) is 6.25. The number of carbonyl (C=O) groups is 1. The van der Waals surface area contributed by atoms with Crippen molar-refractivity contribution in [2.75, 3.05) is 0 Å². The monoisotopic (exact) mass is 259 g/mol. The molecule has 3 nitrogen and oxygen atoms in total. The molecule has 1 unspecified atom stereocenters. The lowest BCUT2D eigenvalue weighted by Gasteiger charge is -2.10. The topological polar surface area (TPSA) is 72.3 Å². The van der Waals surface area contributed by atoms with Crippen molar-refractivity contribution in [1.29, 1.82) is 0 Å². The number of benzene rings is 2. The molecule has 0 radical (unpaired) electrons. The van der Waals surface area contributed by atoms with Crippen LogP contribution in [0.15, 0.2) is 36.4 Å². The maximum absolute atomic E-state index is 11.0. The van der Waals surface area contributed by atoms with Gasteiger partial charge in [0.05, 0.1) is 5.92 Å². The summed E-state index contributed by atoms with van der Waals surface area (Å²) in [5.74, 6) is -0.737. The molecule has 2 aromatic rings. The second kappa shape index (κ2) is 5.85. The Balaban J connectivity index is 0.00000180. The highest BCUT2D eigenvalue weighted by molar-refractivity contribution is 5.86. The van der Waals surface area contributed by atoms with Gasteiger partial charge >= 0.3 is 5.97 Å². The number of hydrogen-bond acceptors (Lipinski definition) is 2. The Hall–Kier alpha value is -1.87. The van der Waals surface area contributed by atoms with Crippen molar-refractivity contribution in [3.63, 3.8) is 0 Å². The Morgan fingerprint density at radius 2 is 1.42 bits per heavy atom. The van der Waals surface area contributed by atoms with E-state index < -0.39 is 11.9 Å². The summed E-state index contributed by atoms with van der Waals surface area (Å²) in [6, 6.07) is 12.2. The Bertz CT molecular complexity index is 590. The molecule has 2 aromatic carbocycles. The first-order chi connectivity index (χ1) is 8.49. The Labute approximate surface area is 113 Å². The van der Waals surface area contributed by atoms with E-state index in [0.717, 1.165) is 10.9 Å². The number of carboxylic acids is 1. The minimum Gasteiger partial charge on any atom is -0.481 e. The molecule has 0 spiro atoms. The summed E-state index contributed by atoms with van der Waals surface area (Å²) in [6.07, 6.45) is 0. The highest BCUT2D eigenvalue weighted by Gasteiger charge is 2.13. The van der Waals surface area contributed by atoms with E-state index in [1.165, 1.54) is 10.9 Å². The molecule has 1 atom stereocenters. The van der Waals surface area contributed by atoms with Gasteiger partial charge in [-0.05, 0) is 34.7 Å². The summed E-state index contributed by atoms with van der Waals surface area (Å²) >= 11 is 0. The van der Waals surface area contributed by atoms with Crippen LogP contribution in [0.2, 0.25) is 0 Å². The smallest absolute Gasteiger partial charge is 0.310 e. The normalized spacial score (nSPS) is 12.2. The number of fused-ring (bicyclic) bond motifs is 1. The molecule has 3 heteroatoms. The minimum atomic E-state index is -0.784. The second-order valence-electron chi connectivity index (χ2n) is 5.08. The lowest BCUT2D eigenvalue weighted by molar-refractivity contribution is -0.138. The van der Waals surface area contributed by atoms with Crippen LogP contribution in [0.25, 0.3) is 10.8 Å². The van der Waals surface area contributed by atoms with Crippen LogP contribution in [0.4, 0.5) is 0 Å². The van der Waals surface area contributed by atoms with Gasteiger partial charge in [-0.1, -0.05) is 50.2 Å².